The third-order valence-corrected chi connectivity index (χ3v) is 7.07. The standard InChI is InChI=1S/C31H24F2N4O3/c1-17-3-4-19(31(39)37(21-9-10-21)25-13-14-35-16-36-25)15-23(17)22-11-12-24-26(28(22)33)27(30(38)34-2)29(40-24)18-5-7-20(32)8-6-18/h3-8,11-16,21H,9-10H2,1-2H3,(H,34,38). The minimum absolute atomic E-state index is 0.00731. The van der Waals surface area contributed by atoms with Crippen molar-refractivity contribution in [1.82, 2.24) is 15.3 Å². The highest BCUT2D eigenvalue weighted by Gasteiger charge is 2.35. The minimum atomic E-state index is -0.657. The van der Waals surface area contributed by atoms with E-state index in [1.54, 1.807) is 47.5 Å². The van der Waals surface area contributed by atoms with Gasteiger partial charge in [-0.25, -0.2) is 18.7 Å². The number of carbonyl (C=O) groups excluding carboxylic acids is 2. The lowest BCUT2D eigenvalue weighted by Crippen LogP contribution is -2.33. The normalized spacial score (nSPS) is 12.9. The van der Waals surface area contributed by atoms with Crippen LogP contribution in [0.1, 0.15) is 39.1 Å². The van der Waals surface area contributed by atoms with Gasteiger partial charge in [-0.3, -0.25) is 14.5 Å². The predicted octanol–water partition coefficient (Wildman–Crippen LogP) is 6.31. The Kier molecular flexibility index (Phi) is 6.34. The Labute approximate surface area is 228 Å². The monoisotopic (exact) mass is 538 g/mol. The number of aromatic nitrogens is 2. The van der Waals surface area contributed by atoms with Crippen molar-refractivity contribution < 1.29 is 22.8 Å². The zero-order chi connectivity index (χ0) is 28.0. The smallest absolute Gasteiger partial charge is 0.259 e. The maximum atomic E-state index is 16.4. The van der Waals surface area contributed by atoms with E-state index in [2.05, 4.69) is 15.3 Å². The Hall–Kier alpha value is -4.92. The van der Waals surface area contributed by atoms with Gasteiger partial charge in [0.25, 0.3) is 11.8 Å². The highest BCUT2D eigenvalue weighted by molar-refractivity contribution is 6.12. The molecule has 0 unspecified atom stereocenters. The van der Waals surface area contributed by atoms with E-state index in [1.807, 2.05) is 6.92 Å². The molecule has 9 heteroatoms. The van der Waals surface area contributed by atoms with Crippen molar-refractivity contribution in [3.63, 3.8) is 0 Å². The van der Waals surface area contributed by atoms with Crippen LogP contribution in [-0.2, 0) is 0 Å². The molecular formula is C31H24F2N4O3. The van der Waals surface area contributed by atoms with Crippen LogP contribution in [0.3, 0.4) is 0 Å². The van der Waals surface area contributed by atoms with Gasteiger partial charge in [0.1, 0.15) is 35.1 Å². The van der Waals surface area contributed by atoms with Crippen LogP contribution >= 0.6 is 0 Å². The molecule has 1 N–H and O–H groups in total. The van der Waals surface area contributed by atoms with Crippen molar-refractivity contribution in [3.05, 3.63) is 102 Å². The molecule has 6 rings (SSSR count). The maximum absolute atomic E-state index is 16.4. The second-order valence-corrected chi connectivity index (χ2v) is 9.70. The van der Waals surface area contributed by atoms with E-state index in [9.17, 15) is 14.0 Å². The Morgan fingerprint density at radius 1 is 1.00 bits per heavy atom. The van der Waals surface area contributed by atoms with Gasteiger partial charge in [0.15, 0.2) is 0 Å². The summed E-state index contributed by atoms with van der Waals surface area (Å²) >= 11 is 0. The maximum Gasteiger partial charge on any atom is 0.259 e. The number of anilines is 1. The molecule has 40 heavy (non-hydrogen) atoms. The average Bonchev–Trinajstić information content (AvgIpc) is 3.72. The molecule has 1 aliphatic carbocycles. The van der Waals surface area contributed by atoms with Crippen LogP contribution in [0.4, 0.5) is 14.6 Å². The Morgan fingerprint density at radius 3 is 2.45 bits per heavy atom. The Balaban J connectivity index is 1.48. The molecule has 5 aromatic rings. The highest BCUT2D eigenvalue weighted by Crippen LogP contribution is 2.40. The van der Waals surface area contributed by atoms with E-state index in [1.165, 1.54) is 37.6 Å². The van der Waals surface area contributed by atoms with Gasteiger partial charge in [0.2, 0.25) is 0 Å². The molecule has 1 aliphatic rings. The van der Waals surface area contributed by atoms with Crippen molar-refractivity contribution in [2.45, 2.75) is 25.8 Å². The van der Waals surface area contributed by atoms with E-state index in [0.29, 0.717) is 22.5 Å². The van der Waals surface area contributed by atoms with Crippen LogP contribution in [-0.4, -0.2) is 34.9 Å². The first-order valence-corrected chi connectivity index (χ1v) is 12.8. The van der Waals surface area contributed by atoms with Gasteiger partial charge in [0.05, 0.1) is 10.9 Å². The summed E-state index contributed by atoms with van der Waals surface area (Å²) in [6, 6.07) is 15.5. The van der Waals surface area contributed by atoms with Crippen molar-refractivity contribution in [2.75, 3.05) is 11.9 Å². The number of aryl methyl sites for hydroxylation is 1. The molecule has 2 aromatic heterocycles. The molecule has 3 aromatic carbocycles. The SMILES string of the molecule is CNC(=O)c1c(-c2ccc(F)cc2)oc2ccc(-c3cc(C(=O)N(c4ccncn4)C4CC4)ccc3C)c(F)c12. The Morgan fingerprint density at radius 2 is 1.77 bits per heavy atom. The van der Waals surface area contributed by atoms with Crippen molar-refractivity contribution in [1.29, 1.82) is 0 Å². The lowest BCUT2D eigenvalue weighted by atomic mass is 9.94. The molecule has 200 valence electrons. The summed E-state index contributed by atoms with van der Waals surface area (Å²) in [6.07, 6.45) is 4.74. The first-order valence-electron chi connectivity index (χ1n) is 12.8. The number of rotatable bonds is 6. The summed E-state index contributed by atoms with van der Waals surface area (Å²) in [6.45, 7) is 1.83. The quantitative estimate of drug-likeness (QED) is 0.274. The van der Waals surface area contributed by atoms with Gasteiger partial charge in [0, 0.05) is 36.0 Å². The van der Waals surface area contributed by atoms with Gasteiger partial charge in [-0.05, 0) is 85.5 Å². The average molecular weight is 539 g/mol. The zero-order valence-corrected chi connectivity index (χ0v) is 21.7. The van der Waals surface area contributed by atoms with Gasteiger partial charge in [-0.2, -0.15) is 0 Å². The fraction of sp³-hybridized carbons (Fsp3) is 0.161. The molecule has 2 heterocycles. The van der Waals surface area contributed by atoms with E-state index < -0.39 is 17.5 Å². The van der Waals surface area contributed by atoms with Crippen LogP contribution in [0.15, 0.2) is 77.6 Å². The summed E-state index contributed by atoms with van der Waals surface area (Å²) in [5, 5.41) is 2.55. The van der Waals surface area contributed by atoms with Crippen LogP contribution in [0, 0.1) is 18.6 Å². The molecule has 1 fully saturated rings. The lowest BCUT2D eigenvalue weighted by Gasteiger charge is -2.22. The van der Waals surface area contributed by atoms with Crippen LogP contribution in [0.2, 0.25) is 0 Å². The largest absolute Gasteiger partial charge is 0.455 e. The van der Waals surface area contributed by atoms with Crippen LogP contribution < -0.4 is 10.2 Å². The molecule has 0 aliphatic heterocycles. The number of hydrogen-bond donors (Lipinski definition) is 1. The number of nitrogens with zero attached hydrogens (tertiary/aromatic N) is 3. The number of fused-ring (bicyclic) bond motifs is 1. The summed E-state index contributed by atoms with van der Waals surface area (Å²) in [7, 11) is 1.44. The topological polar surface area (TPSA) is 88.3 Å². The second-order valence-electron chi connectivity index (χ2n) is 9.70. The highest BCUT2D eigenvalue weighted by atomic mass is 19.1. The number of hydrogen-bond acceptors (Lipinski definition) is 5. The van der Waals surface area contributed by atoms with Crippen LogP contribution in [0.5, 0.6) is 0 Å². The molecule has 0 spiro atoms. The number of benzene rings is 3. The van der Waals surface area contributed by atoms with E-state index in [0.717, 1.165) is 18.4 Å². The number of carbonyl (C=O) groups is 2. The number of halogens is 2. The van der Waals surface area contributed by atoms with Crippen molar-refractivity contribution in [2.24, 2.45) is 0 Å². The van der Waals surface area contributed by atoms with Gasteiger partial charge in [-0.1, -0.05) is 6.07 Å². The summed E-state index contributed by atoms with van der Waals surface area (Å²) in [5.74, 6) is -1.23. The molecule has 0 bridgehead atoms. The lowest BCUT2D eigenvalue weighted by molar-refractivity contribution is 0.0961. The van der Waals surface area contributed by atoms with Crippen LogP contribution in [0.25, 0.3) is 33.4 Å². The third-order valence-electron chi connectivity index (χ3n) is 7.07. The molecule has 0 radical (unpaired) electrons. The molecule has 2 amide bonds. The Bertz CT molecular complexity index is 1760. The van der Waals surface area contributed by atoms with Crippen molar-refractivity contribution >= 4 is 28.6 Å². The fourth-order valence-electron chi connectivity index (χ4n) is 4.91. The first-order chi connectivity index (χ1) is 19.4. The van der Waals surface area contributed by atoms with Gasteiger partial charge >= 0.3 is 0 Å². The number of furan rings is 1. The fourth-order valence-corrected chi connectivity index (χ4v) is 4.91. The zero-order valence-electron chi connectivity index (χ0n) is 21.7. The molecular weight excluding hydrogens is 514 g/mol. The second kappa shape index (κ2) is 10.00. The number of nitrogens with one attached hydrogen (secondary N) is 1. The predicted molar refractivity (Wildman–Crippen MR) is 147 cm³/mol. The summed E-state index contributed by atoms with van der Waals surface area (Å²) in [4.78, 5) is 36.5. The summed E-state index contributed by atoms with van der Waals surface area (Å²) < 4.78 is 35.9. The molecule has 7 nitrogen and oxygen atoms in total. The molecule has 0 saturated heterocycles. The van der Waals surface area contributed by atoms with E-state index in [-0.39, 0.29) is 39.8 Å². The number of amides is 2. The third kappa shape index (κ3) is 4.39. The first kappa shape index (κ1) is 25.4. The van der Waals surface area contributed by atoms with E-state index in [4.69, 9.17) is 4.42 Å². The van der Waals surface area contributed by atoms with Crippen molar-refractivity contribution in [3.8, 4) is 22.5 Å². The van der Waals surface area contributed by atoms with E-state index >= 15 is 4.39 Å². The molecule has 1 saturated carbocycles. The van der Waals surface area contributed by atoms with Gasteiger partial charge < -0.3 is 9.73 Å². The molecule has 0 atom stereocenters. The van der Waals surface area contributed by atoms with Gasteiger partial charge in [-0.15, -0.1) is 0 Å². The minimum Gasteiger partial charge on any atom is -0.455 e. The summed E-state index contributed by atoms with van der Waals surface area (Å²) in [5.41, 5.74) is 2.48.